The second-order valence-electron chi connectivity index (χ2n) is 6.29. The molecule has 1 heterocycles. The fourth-order valence-corrected chi connectivity index (χ4v) is 2.98. The summed E-state index contributed by atoms with van der Waals surface area (Å²) in [5, 5.41) is 12.5. The van der Waals surface area contributed by atoms with Crippen LogP contribution >= 0.6 is 0 Å². The zero-order valence-electron chi connectivity index (χ0n) is 12.1. The van der Waals surface area contributed by atoms with Gasteiger partial charge in [-0.3, -0.25) is 4.90 Å². The zero-order chi connectivity index (χ0) is 13.9. The maximum absolute atomic E-state index is 9.08. The van der Waals surface area contributed by atoms with Crippen LogP contribution in [0.2, 0.25) is 0 Å². The molecular formula is C16H23N3. The number of nitriles is 1. The number of piperazine rings is 1. The van der Waals surface area contributed by atoms with Crippen LogP contribution in [0.4, 0.5) is 0 Å². The normalized spacial score (nSPS) is 18.8. The third-order valence-corrected chi connectivity index (χ3v) is 3.67. The molecule has 0 spiro atoms. The van der Waals surface area contributed by atoms with Gasteiger partial charge in [0.25, 0.3) is 0 Å². The lowest BCUT2D eigenvalue weighted by Gasteiger charge is -2.42. The molecule has 1 atom stereocenters. The largest absolute Gasteiger partial charge is 0.314 e. The van der Waals surface area contributed by atoms with E-state index in [1.807, 2.05) is 18.2 Å². The number of hydrogen-bond acceptors (Lipinski definition) is 3. The summed E-state index contributed by atoms with van der Waals surface area (Å²) in [4.78, 5) is 2.53. The molecule has 102 valence electrons. The van der Waals surface area contributed by atoms with Crippen LogP contribution in [0.25, 0.3) is 0 Å². The van der Waals surface area contributed by atoms with Crippen molar-refractivity contribution < 1.29 is 0 Å². The first-order valence-electron chi connectivity index (χ1n) is 6.97. The van der Waals surface area contributed by atoms with Crippen LogP contribution in [-0.2, 0) is 0 Å². The molecular weight excluding hydrogens is 234 g/mol. The molecule has 0 radical (unpaired) electrons. The van der Waals surface area contributed by atoms with Crippen molar-refractivity contribution in [3.63, 3.8) is 0 Å². The molecule has 0 aliphatic carbocycles. The van der Waals surface area contributed by atoms with Crippen LogP contribution in [0.15, 0.2) is 24.3 Å². The van der Waals surface area contributed by atoms with E-state index in [1.54, 1.807) is 0 Å². The van der Waals surface area contributed by atoms with Crippen LogP contribution in [0.3, 0.4) is 0 Å². The maximum Gasteiger partial charge on any atom is 0.0991 e. The Bertz CT molecular complexity index is 462. The van der Waals surface area contributed by atoms with Crippen molar-refractivity contribution in [2.24, 2.45) is 5.41 Å². The first-order chi connectivity index (χ1) is 9.02. The Morgan fingerprint density at radius 3 is 2.53 bits per heavy atom. The van der Waals surface area contributed by atoms with Gasteiger partial charge >= 0.3 is 0 Å². The maximum atomic E-state index is 9.08. The van der Waals surface area contributed by atoms with Gasteiger partial charge in [-0.1, -0.05) is 32.9 Å². The molecule has 0 unspecified atom stereocenters. The number of nitrogens with zero attached hydrogens (tertiary/aromatic N) is 2. The van der Waals surface area contributed by atoms with Crippen LogP contribution in [-0.4, -0.2) is 31.1 Å². The van der Waals surface area contributed by atoms with Crippen LogP contribution < -0.4 is 5.32 Å². The number of nitrogens with one attached hydrogen (secondary N) is 1. The van der Waals surface area contributed by atoms with Gasteiger partial charge in [-0.15, -0.1) is 0 Å². The Hall–Kier alpha value is -1.37. The molecule has 1 aliphatic rings. The predicted molar refractivity (Wildman–Crippen MR) is 77.8 cm³/mol. The molecule has 1 aliphatic heterocycles. The van der Waals surface area contributed by atoms with E-state index < -0.39 is 0 Å². The van der Waals surface area contributed by atoms with Crippen molar-refractivity contribution >= 4 is 0 Å². The highest BCUT2D eigenvalue weighted by Gasteiger charge is 2.32. The van der Waals surface area contributed by atoms with Crippen molar-refractivity contribution in [3.05, 3.63) is 35.4 Å². The Morgan fingerprint density at radius 2 is 1.95 bits per heavy atom. The van der Waals surface area contributed by atoms with E-state index in [2.05, 4.69) is 43.1 Å². The summed E-state index contributed by atoms with van der Waals surface area (Å²) < 4.78 is 0. The van der Waals surface area contributed by atoms with Gasteiger partial charge in [0.15, 0.2) is 0 Å². The first kappa shape index (κ1) is 14.0. The molecule has 19 heavy (non-hydrogen) atoms. The average Bonchev–Trinajstić information content (AvgIpc) is 2.39. The minimum atomic E-state index is 0.158. The average molecular weight is 257 g/mol. The predicted octanol–water partition coefficient (Wildman–Crippen LogP) is 2.55. The van der Waals surface area contributed by atoms with Gasteiger partial charge in [0.05, 0.1) is 11.6 Å². The lowest BCUT2D eigenvalue weighted by molar-refractivity contribution is 0.0862. The quantitative estimate of drug-likeness (QED) is 0.885. The van der Waals surface area contributed by atoms with Gasteiger partial charge in [0, 0.05) is 32.2 Å². The third kappa shape index (κ3) is 3.34. The van der Waals surface area contributed by atoms with E-state index in [4.69, 9.17) is 5.26 Å². The van der Waals surface area contributed by atoms with E-state index in [-0.39, 0.29) is 5.41 Å². The Balaban J connectivity index is 2.34. The van der Waals surface area contributed by atoms with Crippen molar-refractivity contribution in [2.45, 2.75) is 26.8 Å². The lowest BCUT2D eigenvalue weighted by Crippen LogP contribution is -2.48. The fourth-order valence-electron chi connectivity index (χ4n) is 2.98. The molecule has 1 saturated heterocycles. The molecule has 3 nitrogen and oxygen atoms in total. The van der Waals surface area contributed by atoms with Gasteiger partial charge in [-0.25, -0.2) is 0 Å². The smallest absolute Gasteiger partial charge is 0.0991 e. The topological polar surface area (TPSA) is 39.1 Å². The van der Waals surface area contributed by atoms with Gasteiger partial charge in [0.2, 0.25) is 0 Å². The zero-order valence-corrected chi connectivity index (χ0v) is 12.1. The highest BCUT2D eigenvalue weighted by atomic mass is 15.2. The second-order valence-corrected chi connectivity index (χ2v) is 6.29. The molecule has 1 aromatic rings. The van der Waals surface area contributed by atoms with Crippen molar-refractivity contribution in [1.82, 2.24) is 10.2 Å². The highest BCUT2D eigenvalue weighted by molar-refractivity contribution is 5.35. The lowest BCUT2D eigenvalue weighted by atomic mass is 9.80. The second kappa shape index (κ2) is 5.73. The summed E-state index contributed by atoms with van der Waals surface area (Å²) in [6.07, 6.45) is 0. The van der Waals surface area contributed by atoms with E-state index in [0.717, 1.165) is 31.7 Å². The van der Waals surface area contributed by atoms with Crippen LogP contribution in [0.1, 0.15) is 37.9 Å². The van der Waals surface area contributed by atoms with Gasteiger partial charge in [0.1, 0.15) is 0 Å². The molecule has 1 aromatic carbocycles. The highest BCUT2D eigenvalue weighted by Crippen LogP contribution is 2.38. The summed E-state index contributed by atoms with van der Waals surface area (Å²) in [5.74, 6) is 0. The summed E-state index contributed by atoms with van der Waals surface area (Å²) in [6.45, 7) is 11.1. The SMILES string of the molecule is CC(C)(C)[C@H](c1cccc(C#N)c1)N1CCNCC1. The number of rotatable bonds is 2. The standard InChI is InChI=1S/C16H23N3/c1-16(2,3)15(19-9-7-18-8-10-19)14-6-4-5-13(11-14)12-17/h4-6,11,15,18H,7-10H2,1-3H3/t15-/m0/s1. The molecule has 3 heteroatoms. The monoisotopic (exact) mass is 257 g/mol. The van der Waals surface area contributed by atoms with E-state index in [9.17, 15) is 0 Å². The molecule has 2 rings (SSSR count). The number of hydrogen-bond donors (Lipinski definition) is 1. The summed E-state index contributed by atoms with van der Waals surface area (Å²) in [6, 6.07) is 10.7. The van der Waals surface area contributed by atoms with Crippen LogP contribution in [0, 0.1) is 16.7 Å². The minimum Gasteiger partial charge on any atom is -0.314 e. The molecule has 0 aromatic heterocycles. The molecule has 0 saturated carbocycles. The van der Waals surface area contributed by atoms with Gasteiger partial charge < -0.3 is 5.32 Å². The Morgan fingerprint density at radius 1 is 1.26 bits per heavy atom. The van der Waals surface area contributed by atoms with Gasteiger partial charge in [-0.2, -0.15) is 5.26 Å². The first-order valence-corrected chi connectivity index (χ1v) is 6.97. The summed E-state index contributed by atoms with van der Waals surface area (Å²) in [7, 11) is 0. The Labute approximate surface area is 116 Å². The Kier molecular flexibility index (Phi) is 4.24. The molecule has 0 amide bonds. The third-order valence-electron chi connectivity index (χ3n) is 3.67. The number of benzene rings is 1. The van der Waals surface area contributed by atoms with E-state index in [1.165, 1.54) is 5.56 Å². The van der Waals surface area contributed by atoms with Gasteiger partial charge in [-0.05, 0) is 23.1 Å². The van der Waals surface area contributed by atoms with E-state index >= 15 is 0 Å². The molecule has 0 bridgehead atoms. The van der Waals surface area contributed by atoms with Crippen molar-refractivity contribution in [1.29, 1.82) is 5.26 Å². The fraction of sp³-hybridized carbons (Fsp3) is 0.562. The van der Waals surface area contributed by atoms with Crippen LogP contribution in [0.5, 0.6) is 0 Å². The summed E-state index contributed by atoms with van der Waals surface area (Å²) >= 11 is 0. The summed E-state index contributed by atoms with van der Waals surface area (Å²) in [5.41, 5.74) is 2.17. The molecule has 1 N–H and O–H groups in total. The van der Waals surface area contributed by atoms with Crippen molar-refractivity contribution in [2.75, 3.05) is 26.2 Å². The minimum absolute atomic E-state index is 0.158. The molecule has 1 fully saturated rings. The van der Waals surface area contributed by atoms with Crippen molar-refractivity contribution in [3.8, 4) is 6.07 Å². The van der Waals surface area contributed by atoms with E-state index in [0.29, 0.717) is 6.04 Å².